The van der Waals surface area contributed by atoms with Crippen molar-refractivity contribution < 1.29 is 9.53 Å². The molecule has 0 aliphatic heterocycles. The molecule has 1 N–H and O–H groups in total. The molecule has 1 aliphatic rings. The van der Waals surface area contributed by atoms with Crippen molar-refractivity contribution in [2.24, 2.45) is 0 Å². The minimum atomic E-state index is -0.205. The number of nitrogens with one attached hydrogen (secondary N) is 1. The van der Waals surface area contributed by atoms with E-state index < -0.39 is 0 Å². The predicted molar refractivity (Wildman–Crippen MR) is 94.7 cm³/mol. The van der Waals surface area contributed by atoms with Gasteiger partial charge in [0, 0.05) is 6.20 Å². The van der Waals surface area contributed by atoms with Crippen molar-refractivity contribution in [1.82, 2.24) is 9.97 Å². The molecule has 0 radical (unpaired) electrons. The van der Waals surface area contributed by atoms with Gasteiger partial charge in [-0.1, -0.05) is 23.5 Å². The maximum absolute atomic E-state index is 12.7. The van der Waals surface area contributed by atoms with E-state index in [9.17, 15) is 4.79 Å². The van der Waals surface area contributed by atoms with Gasteiger partial charge in [0.05, 0.1) is 23.4 Å². The van der Waals surface area contributed by atoms with Crippen LogP contribution in [-0.4, -0.2) is 23.0 Å². The van der Waals surface area contributed by atoms with Crippen molar-refractivity contribution in [3.63, 3.8) is 0 Å². The molecular weight excluding hydrogens is 322 g/mol. The molecule has 0 saturated heterocycles. The number of rotatable bonds is 3. The van der Waals surface area contributed by atoms with E-state index in [2.05, 4.69) is 21.4 Å². The van der Waals surface area contributed by atoms with E-state index >= 15 is 0 Å². The Balaban J connectivity index is 1.61. The molecule has 0 spiro atoms. The van der Waals surface area contributed by atoms with Crippen molar-refractivity contribution in [3.05, 3.63) is 47.8 Å². The molecule has 1 atom stereocenters. The van der Waals surface area contributed by atoms with Gasteiger partial charge in [-0.2, -0.15) is 0 Å². The van der Waals surface area contributed by atoms with Crippen LogP contribution < -0.4 is 10.1 Å². The molecule has 1 unspecified atom stereocenters. The highest BCUT2D eigenvalue weighted by Crippen LogP contribution is 2.34. The molecule has 122 valence electrons. The Kier molecular flexibility index (Phi) is 3.90. The molecule has 4 rings (SSSR count). The second-order valence-corrected chi connectivity index (χ2v) is 6.84. The van der Waals surface area contributed by atoms with Crippen LogP contribution in [0.1, 0.15) is 30.0 Å². The van der Waals surface area contributed by atoms with Gasteiger partial charge in [0.15, 0.2) is 5.13 Å². The SMILES string of the molecule is COc1cccc2sc(NC(=O)C3CCCc4cccnc43)nc12. The molecule has 0 bridgehead atoms. The van der Waals surface area contributed by atoms with Crippen molar-refractivity contribution >= 4 is 32.6 Å². The smallest absolute Gasteiger partial charge is 0.235 e. The van der Waals surface area contributed by atoms with Crippen LogP contribution in [0.25, 0.3) is 10.2 Å². The molecule has 2 aromatic heterocycles. The van der Waals surface area contributed by atoms with Crippen molar-refractivity contribution in [2.45, 2.75) is 25.2 Å². The van der Waals surface area contributed by atoms with Gasteiger partial charge in [-0.25, -0.2) is 4.98 Å². The fraction of sp³-hybridized carbons (Fsp3) is 0.278. The molecule has 6 heteroatoms. The summed E-state index contributed by atoms with van der Waals surface area (Å²) in [5, 5.41) is 3.57. The molecule has 5 nitrogen and oxygen atoms in total. The Morgan fingerprint density at radius 2 is 2.25 bits per heavy atom. The summed E-state index contributed by atoms with van der Waals surface area (Å²) in [5.41, 5.74) is 2.86. The highest BCUT2D eigenvalue weighted by atomic mass is 32.1. The predicted octanol–water partition coefficient (Wildman–Crippen LogP) is 3.76. The molecule has 1 amide bonds. The number of ether oxygens (including phenoxy) is 1. The summed E-state index contributed by atoms with van der Waals surface area (Å²) in [5.74, 6) is 0.477. The van der Waals surface area contributed by atoms with Gasteiger partial charge in [-0.15, -0.1) is 0 Å². The van der Waals surface area contributed by atoms with Crippen LogP contribution in [0.5, 0.6) is 5.75 Å². The van der Waals surface area contributed by atoms with E-state index in [1.807, 2.05) is 24.3 Å². The number of carbonyl (C=O) groups is 1. The summed E-state index contributed by atoms with van der Waals surface area (Å²) in [6, 6.07) is 9.76. The van der Waals surface area contributed by atoms with E-state index in [1.165, 1.54) is 16.9 Å². The van der Waals surface area contributed by atoms with E-state index in [-0.39, 0.29) is 11.8 Å². The van der Waals surface area contributed by atoms with Crippen LogP contribution in [0, 0.1) is 0 Å². The van der Waals surface area contributed by atoms with Gasteiger partial charge < -0.3 is 10.1 Å². The van der Waals surface area contributed by atoms with Crippen molar-refractivity contribution in [2.75, 3.05) is 12.4 Å². The molecule has 3 aromatic rings. The van der Waals surface area contributed by atoms with E-state index in [0.29, 0.717) is 10.9 Å². The highest BCUT2D eigenvalue weighted by Gasteiger charge is 2.28. The zero-order valence-electron chi connectivity index (χ0n) is 13.3. The van der Waals surface area contributed by atoms with Gasteiger partial charge in [-0.05, 0) is 43.0 Å². The number of methoxy groups -OCH3 is 1. The Labute approximate surface area is 143 Å². The fourth-order valence-electron chi connectivity index (χ4n) is 3.20. The lowest BCUT2D eigenvalue weighted by Crippen LogP contribution is -2.25. The first-order valence-electron chi connectivity index (χ1n) is 7.94. The summed E-state index contributed by atoms with van der Waals surface area (Å²) >= 11 is 1.46. The highest BCUT2D eigenvalue weighted by molar-refractivity contribution is 7.22. The average Bonchev–Trinajstić information content (AvgIpc) is 3.03. The number of aromatic nitrogens is 2. The summed E-state index contributed by atoms with van der Waals surface area (Å²) in [6.45, 7) is 0. The number of thiazole rings is 1. The lowest BCUT2D eigenvalue weighted by atomic mass is 9.86. The number of amides is 1. The molecule has 1 aromatic carbocycles. The standard InChI is InChI=1S/C18H17N3O2S/c1-23-13-8-3-9-14-16(13)20-18(24-14)21-17(22)12-7-2-5-11-6-4-10-19-15(11)12/h3-4,6,8-10,12H,2,5,7H2,1H3,(H,20,21,22). The summed E-state index contributed by atoms with van der Waals surface area (Å²) < 4.78 is 6.32. The number of pyridine rings is 1. The van der Waals surface area contributed by atoms with Crippen LogP contribution in [0.4, 0.5) is 5.13 Å². The van der Waals surface area contributed by atoms with Crippen LogP contribution in [-0.2, 0) is 11.2 Å². The largest absolute Gasteiger partial charge is 0.494 e. The lowest BCUT2D eigenvalue weighted by molar-refractivity contribution is -0.118. The van der Waals surface area contributed by atoms with Gasteiger partial charge >= 0.3 is 0 Å². The summed E-state index contributed by atoms with van der Waals surface area (Å²) in [6.07, 6.45) is 4.58. The quantitative estimate of drug-likeness (QED) is 0.789. The van der Waals surface area contributed by atoms with E-state index in [0.717, 1.165) is 35.2 Å². The third kappa shape index (κ3) is 2.63. The lowest BCUT2D eigenvalue weighted by Gasteiger charge is -2.22. The normalized spacial score (nSPS) is 16.6. The van der Waals surface area contributed by atoms with Gasteiger partial charge in [-0.3, -0.25) is 9.78 Å². The van der Waals surface area contributed by atoms with Gasteiger partial charge in [0.1, 0.15) is 11.3 Å². The first-order chi connectivity index (χ1) is 11.8. The molecule has 0 saturated carbocycles. The number of nitrogens with zero attached hydrogens (tertiary/aromatic N) is 2. The Bertz CT molecular complexity index is 906. The van der Waals surface area contributed by atoms with Crippen LogP contribution in [0.15, 0.2) is 36.5 Å². The zero-order chi connectivity index (χ0) is 16.5. The third-order valence-electron chi connectivity index (χ3n) is 4.34. The van der Waals surface area contributed by atoms with Gasteiger partial charge in [0.25, 0.3) is 0 Å². The number of para-hydroxylation sites is 1. The summed E-state index contributed by atoms with van der Waals surface area (Å²) in [7, 11) is 1.62. The number of fused-ring (bicyclic) bond motifs is 2. The molecular formula is C18H17N3O2S. The first kappa shape index (κ1) is 15.1. The van der Waals surface area contributed by atoms with E-state index in [4.69, 9.17) is 4.74 Å². The fourth-order valence-corrected chi connectivity index (χ4v) is 4.08. The van der Waals surface area contributed by atoms with Crippen molar-refractivity contribution in [3.8, 4) is 5.75 Å². The monoisotopic (exact) mass is 339 g/mol. The van der Waals surface area contributed by atoms with Crippen LogP contribution in [0.3, 0.4) is 0 Å². The molecule has 2 heterocycles. The number of hydrogen-bond acceptors (Lipinski definition) is 5. The Morgan fingerprint density at radius 1 is 1.33 bits per heavy atom. The summed E-state index contributed by atoms with van der Waals surface area (Å²) in [4.78, 5) is 21.7. The minimum Gasteiger partial charge on any atom is -0.494 e. The maximum Gasteiger partial charge on any atom is 0.235 e. The second-order valence-electron chi connectivity index (χ2n) is 5.81. The number of benzene rings is 1. The third-order valence-corrected chi connectivity index (χ3v) is 5.28. The maximum atomic E-state index is 12.7. The number of anilines is 1. The number of hydrogen-bond donors (Lipinski definition) is 1. The van der Waals surface area contributed by atoms with Gasteiger partial charge in [0.2, 0.25) is 5.91 Å². The molecule has 0 fully saturated rings. The van der Waals surface area contributed by atoms with Crippen LogP contribution in [0.2, 0.25) is 0 Å². The zero-order valence-corrected chi connectivity index (χ0v) is 14.1. The number of carbonyl (C=O) groups excluding carboxylic acids is 1. The molecule has 1 aliphatic carbocycles. The van der Waals surface area contributed by atoms with Crippen LogP contribution >= 0.6 is 11.3 Å². The topological polar surface area (TPSA) is 64.1 Å². The minimum absolute atomic E-state index is 0.0346. The Morgan fingerprint density at radius 3 is 3.12 bits per heavy atom. The van der Waals surface area contributed by atoms with Crippen molar-refractivity contribution in [1.29, 1.82) is 0 Å². The van der Waals surface area contributed by atoms with E-state index in [1.54, 1.807) is 13.3 Å². The first-order valence-corrected chi connectivity index (χ1v) is 8.76. The molecule has 24 heavy (non-hydrogen) atoms. The second kappa shape index (κ2) is 6.20. The average molecular weight is 339 g/mol. The number of aryl methyl sites for hydroxylation is 1. The Hall–Kier alpha value is -2.47.